The molecule has 3 nitrogen and oxygen atoms in total. The maximum atomic E-state index is 10.8. The van der Waals surface area contributed by atoms with Crippen molar-refractivity contribution in [1.82, 2.24) is 0 Å². The summed E-state index contributed by atoms with van der Waals surface area (Å²) in [5.41, 5.74) is 0.669. The van der Waals surface area contributed by atoms with Crippen molar-refractivity contribution in [2.24, 2.45) is 0 Å². The fourth-order valence-corrected chi connectivity index (χ4v) is 2.04. The van der Waals surface area contributed by atoms with Crippen molar-refractivity contribution in [2.45, 2.75) is 11.8 Å². The third kappa shape index (κ3) is 2.48. The van der Waals surface area contributed by atoms with E-state index >= 15 is 0 Å². The van der Waals surface area contributed by atoms with E-state index in [1.165, 1.54) is 6.07 Å². The first-order valence-electron chi connectivity index (χ1n) is 3.02. The molecule has 12 heavy (non-hydrogen) atoms. The van der Waals surface area contributed by atoms with Gasteiger partial charge in [-0.25, -0.2) is 8.42 Å². The predicted octanol–water partition coefficient (Wildman–Crippen LogP) is 1.75. The first-order valence-corrected chi connectivity index (χ1v) is 5.33. The number of rotatable bonds is 1. The van der Waals surface area contributed by atoms with Gasteiger partial charge in [0.1, 0.15) is 0 Å². The molecule has 1 aromatic carbocycles. The minimum Gasteiger partial charge on any atom is -0.870 e. The molecule has 0 saturated carbocycles. The smallest absolute Gasteiger partial charge is 0.261 e. The van der Waals surface area contributed by atoms with Gasteiger partial charge in [-0.15, -0.1) is 0 Å². The molecule has 68 valence electrons. The van der Waals surface area contributed by atoms with Gasteiger partial charge in [-0.2, -0.15) is 0 Å². The second-order valence-electron chi connectivity index (χ2n) is 2.20. The van der Waals surface area contributed by atoms with Gasteiger partial charge in [0.05, 0.1) is 4.90 Å². The summed E-state index contributed by atoms with van der Waals surface area (Å²) in [7, 11) is 1.57. The Morgan fingerprint density at radius 1 is 1.25 bits per heavy atom. The lowest BCUT2D eigenvalue weighted by Crippen LogP contribution is -1.92. The molecule has 0 heterocycles. The summed E-state index contributed by atoms with van der Waals surface area (Å²) in [6.45, 7) is 1.70. The normalized spacial score (nSPS) is 10.5. The zero-order valence-electron chi connectivity index (χ0n) is 6.36. The van der Waals surface area contributed by atoms with Gasteiger partial charge >= 0.3 is 0 Å². The van der Waals surface area contributed by atoms with Crippen LogP contribution in [0.15, 0.2) is 29.2 Å². The van der Waals surface area contributed by atoms with Crippen molar-refractivity contribution in [2.75, 3.05) is 0 Å². The Hall–Kier alpha value is -0.580. The summed E-state index contributed by atoms with van der Waals surface area (Å²) in [6, 6.07) is 6.59. The average Bonchev–Trinajstić information content (AvgIpc) is 1.86. The molecule has 0 bridgehead atoms. The molecule has 0 aliphatic heterocycles. The van der Waals surface area contributed by atoms with E-state index < -0.39 is 9.05 Å². The molecule has 0 unspecified atom stereocenters. The second kappa shape index (κ2) is 3.89. The molecule has 0 radical (unpaired) electrons. The highest BCUT2D eigenvalue weighted by Crippen LogP contribution is 2.17. The standard InChI is InChI=1S/C7H7ClO2S.H2O/c1-6-4-2-3-5-7(6)11(8,9)10;/h2-5H,1H3;1H2/p-1. The molecule has 5 heteroatoms. The minimum absolute atomic E-state index is 0. The van der Waals surface area contributed by atoms with Crippen LogP contribution in [0.5, 0.6) is 0 Å². The lowest BCUT2D eigenvalue weighted by Gasteiger charge is -1.98. The van der Waals surface area contributed by atoms with Crippen molar-refractivity contribution in [3.8, 4) is 0 Å². The lowest BCUT2D eigenvalue weighted by atomic mass is 10.2. The fraction of sp³-hybridized carbons (Fsp3) is 0.143. The molecule has 1 rings (SSSR count). The van der Waals surface area contributed by atoms with Crippen LogP contribution in [0.4, 0.5) is 0 Å². The molecular formula is C7H8ClO3S-. The SMILES string of the molecule is Cc1ccccc1S(=O)(=O)Cl.[OH-]. The molecule has 0 aliphatic carbocycles. The van der Waals surface area contributed by atoms with Gasteiger partial charge in [-0.1, -0.05) is 18.2 Å². The van der Waals surface area contributed by atoms with Gasteiger partial charge in [0, 0.05) is 10.7 Å². The number of halogens is 1. The summed E-state index contributed by atoms with van der Waals surface area (Å²) in [6.07, 6.45) is 0. The van der Waals surface area contributed by atoms with Crippen molar-refractivity contribution >= 4 is 19.7 Å². The Morgan fingerprint density at radius 2 is 1.75 bits per heavy atom. The van der Waals surface area contributed by atoms with Crippen LogP contribution < -0.4 is 0 Å². The van der Waals surface area contributed by atoms with Gasteiger partial charge in [-0.3, -0.25) is 0 Å². The van der Waals surface area contributed by atoms with Crippen molar-refractivity contribution in [1.29, 1.82) is 0 Å². The van der Waals surface area contributed by atoms with Crippen LogP contribution in [-0.4, -0.2) is 13.9 Å². The third-order valence-corrected chi connectivity index (χ3v) is 2.84. The van der Waals surface area contributed by atoms with E-state index in [4.69, 9.17) is 10.7 Å². The first kappa shape index (κ1) is 11.4. The van der Waals surface area contributed by atoms with Gasteiger partial charge in [0.2, 0.25) is 0 Å². The van der Waals surface area contributed by atoms with Crippen molar-refractivity contribution < 1.29 is 13.9 Å². The lowest BCUT2D eigenvalue weighted by molar-refractivity contribution is 0.609. The van der Waals surface area contributed by atoms with E-state index in [2.05, 4.69) is 0 Å². The van der Waals surface area contributed by atoms with E-state index in [-0.39, 0.29) is 10.4 Å². The van der Waals surface area contributed by atoms with Gasteiger partial charge in [0.15, 0.2) is 0 Å². The Labute approximate surface area is 75.7 Å². The van der Waals surface area contributed by atoms with E-state index in [9.17, 15) is 8.42 Å². The molecule has 0 spiro atoms. The van der Waals surface area contributed by atoms with Crippen LogP contribution in [0, 0.1) is 6.92 Å². The molecule has 0 aromatic heterocycles. The Balaban J connectivity index is 0.00000121. The summed E-state index contributed by atoms with van der Waals surface area (Å²) >= 11 is 0. The summed E-state index contributed by atoms with van der Waals surface area (Å²) < 4.78 is 21.6. The molecule has 0 fully saturated rings. The van der Waals surface area contributed by atoms with Crippen molar-refractivity contribution in [3.05, 3.63) is 29.8 Å². The molecule has 0 aliphatic rings. The maximum Gasteiger partial charge on any atom is 0.261 e. The molecule has 0 atom stereocenters. The number of hydrogen-bond donors (Lipinski definition) is 0. The largest absolute Gasteiger partial charge is 0.870 e. The highest BCUT2D eigenvalue weighted by Gasteiger charge is 2.10. The Morgan fingerprint density at radius 3 is 2.08 bits per heavy atom. The maximum absolute atomic E-state index is 10.8. The summed E-state index contributed by atoms with van der Waals surface area (Å²) in [5, 5.41) is 0. The predicted molar refractivity (Wildman–Crippen MR) is 46.2 cm³/mol. The van der Waals surface area contributed by atoms with E-state index in [0.29, 0.717) is 5.56 Å². The summed E-state index contributed by atoms with van der Waals surface area (Å²) in [4.78, 5) is 0.182. The zero-order chi connectivity index (χ0) is 8.48. The zero-order valence-corrected chi connectivity index (χ0v) is 7.93. The van der Waals surface area contributed by atoms with Gasteiger partial charge in [0.25, 0.3) is 9.05 Å². The molecule has 1 N–H and O–H groups in total. The molecule has 1 aromatic rings. The van der Waals surface area contributed by atoms with Crippen LogP contribution in [0.2, 0.25) is 0 Å². The van der Waals surface area contributed by atoms with Crippen LogP contribution in [-0.2, 0) is 9.05 Å². The van der Waals surface area contributed by atoms with Crippen LogP contribution in [0.1, 0.15) is 5.56 Å². The number of aryl methyl sites for hydroxylation is 1. The highest BCUT2D eigenvalue weighted by molar-refractivity contribution is 8.13. The highest BCUT2D eigenvalue weighted by atomic mass is 35.7. The van der Waals surface area contributed by atoms with Crippen LogP contribution in [0.3, 0.4) is 0 Å². The number of hydrogen-bond acceptors (Lipinski definition) is 3. The number of benzene rings is 1. The minimum atomic E-state index is -3.56. The topological polar surface area (TPSA) is 64.1 Å². The van der Waals surface area contributed by atoms with Crippen molar-refractivity contribution in [3.63, 3.8) is 0 Å². The van der Waals surface area contributed by atoms with Crippen LogP contribution >= 0.6 is 10.7 Å². The molecule has 0 amide bonds. The van der Waals surface area contributed by atoms with Gasteiger partial charge < -0.3 is 5.48 Å². The molecular weight excluding hydrogens is 200 g/mol. The quantitative estimate of drug-likeness (QED) is 0.659. The van der Waals surface area contributed by atoms with Gasteiger partial charge in [-0.05, 0) is 18.6 Å². The van der Waals surface area contributed by atoms with Crippen LogP contribution in [0.25, 0.3) is 0 Å². The average molecular weight is 208 g/mol. The van der Waals surface area contributed by atoms with E-state index in [0.717, 1.165) is 0 Å². The second-order valence-corrected chi connectivity index (χ2v) is 4.74. The monoisotopic (exact) mass is 207 g/mol. The Bertz CT molecular complexity index is 359. The third-order valence-electron chi connectivity index (χ3n) is 1.36. The summed E-state index contributed by atoms with van der Waals surface area (Å²) in [5.74, 6) is 0. The molecule has 0 saturated heterocycles. The van der Waals surface area contributed by atoms with E-state index in [1.807, 2.05) is 0 Å². The van der Waals surface area contributed by atoms with E-state index in [1.54, 1.807) is 25.1 Å². The fourth-order valence-electron chi connectivity index (χ4n) is 0.830. The Kier molecular flexibility index (Phi) is 3.70. The first-order chi connectivity index (χ1) is 5.02.